The smallest absolute Gasteiger partial charge is 0.338 e. The summed E-state index contributed by atoms with van der Waals surface area (Å²) in [6, 6.07) is 5.82. The highest BCUT2D eigenvalue weighted by molar-refractivity contribution is 5.92. The van der Waals surface area contributed by atoms with Crippen molar-refractivity contribution in [3.63, 3.8) is 0 Å². The zero-order chi connectivity index (χ0) is 12.8. The quantitative estimate of drug-likeness (QED) is 0.798. The first-order chi connectivity index (χ1) is 8.08. The Morgan fingerprint density at radius 2 is 2.12 bits per heavy atom. The highest BCUT2D eigenvalue weighted by Crippen LogP contribution is 2.17. The summed E-state index contributed by atoms with van der Waals surface area (Å²) >= 11 is 0. The van der Waals surface area contributed by atoms with Crippen LogP contribution in [0.25, 0.3) is 0 Å². The number of carbonyl (C=O) groups is 1. The molecular weight excluding hydrogens is 218 g/mol. The van der Waals surface area contributed by atoms with Crippen LogP contribution in [-0.2, 0) is 9.47 Å². The number of hydrogen-bond donors (Lipinski definition) is 1. The van der Waals surface area contributed by atoms with Gasteiger partial charge in [-0.25, -0.2) is 4.79 Å². The summed E-state index contributed by atoms with van der Waals surface area (Å²) in [7, 11) is 3.04. The van der Waals surface area contributed by atoms with Gasteiger partial charge in [-0.1, -0.05) is 6.07 Å². The van der Waals surface area contributed by atoms with Gasteiger partial charge in [-0.15, -0.1) is 0 Å². The summed E-state index contributed by atoms with van der Waals surface area (Å²) in [5, 5.41) is 3.26. The van der Waals surface area contributed by atoms with Crippen LogP contribution in [0.3, 0.4) is 0 Å². The lowest BCUT2D eigenvalue weighted by molar-refractivity contribution is 0.0600. The summed E-state index contributed by atoms with van der Waals surface area (Å²) in [6.07, 6.45) is 0. The number of anilines is 1. The van der Waals surface area contributed by atoms with Gasteiger partial charge in [-0.3, -0.25) is 0 Å². The van der Waals surface area contributed by atoms with Gasteiger partial charge in [-0.05, 0) is 31.5 Å². The first-order valence-electron chi connectivity index (χ1n) is 5.53. The number of aryl methyl sites for hydroxylation is 1. The van der Waals surface area contributed by atoms with Crippen molar-refractivity contribution in [1.29, 1.82) is 0 Å². The maximum absolute atomic E-state index is 11.5. The molecule has 0 heterocycles. The topological polar surface area (TPSA) is 47.6 Å². The fourth-order valence-corrected chi connectivity index (χ4v) is 1.62. The molecule has 0 spiro atoms. The SMILES string of the molecule is COC[C@@H](C)Nc1ccc(C)c(C(=O)OC)c1. The molecule has 0 fully saturated rings. The second kappa shape index (κ2) is 6.25. The van der Waals surface area contributed by atoms with Crippen LogP contribution in [0.15, 0.2) is 18.2 Å². The van der Waals surface area contributed by atoms with E-state index in [2.05, 4.69) is 5.32 Å². The second-order valence-corrected chi connectivity index (χ2v) is 4.02. The van der Waals surface area contributed by atoms with Crippen molar-refractivity contribution >= 4 is 11.7 Å². The number of rotatable bonds is 5. The van der Waals surface area contributed by atoms with Gasteiger partial charge in [0, 0.05) is 18.8 Å². The molecule has 94 valence electrons. The minimum Gasteiger partial charge on any atom is -0.465 e. The maximum atomic E-state index is 11.5. The summed E-state index contributed by atoms with van der Waals surface area (Å²) in [6.45, 7) is 4.51. The molecule has 4 nitrogen and oxygen atoms in total. The van der Waals surface area contributed by atoms with Crippen LogP contribution in [0.2, 0.25) is 0 Å². The Morgan fingerprint density at radius 3 is 2.71 bits per heavy atom. The number of hydrogen-bond acceptors (Lipinski definition) is 4. The predicted molar refractivity (Wildman–Crippen MR) is 67.5 cm³/mol. The second-order valence-electron chi connectivity index (χ2n) is 4.02. The maximum Gasteiger partial charge on any atom is 0.338 e. The molecule has 0 bridgehead atoms. The van der Waals surface area contributed by atoms with E-state index in [0.717, 1.165) is 11.3 Å². The van der Waals surface area contributed by atoms with Gasteiger partial charge >= 0.3 is 5.97 Å². The summed E-state index contributed by atoms with van der Waals surface area (Å²) < 4.78 is 9.78. The summed E-state index contributed by atoms with van der Waals surface area (Å²) in [4.78, 5) is 11.5. The van der Waals surface area contributed by atoms with Crippen LogP contribution < -0.4 is 5.32 Å². The third-order valence-electron chi connectivity index (χ3n) is 2.47. The Balaban J connectivity index is 2.85. The highest BCUT2D eigenvalue weighted by Gasteiger charge is 2.10. The number of ether oxygens (including phenoxy) is 2. The molecule has 1 rings (SSSR count). The first kappa shape index (κ1) is 13.5. The monoisotopic (exact) mass is 237 g/mol. The van der Waals surface area contributed by atoms with Crippen molar-refractivity contribution in [2.75, 3.05) is 26.1 Å². The van der Waals surface area contributed by atoms with Crippen molar-refractivity contribution in [2.24, 2.45) is 0 Å². The van der Waals surface area contributed by atoms with Gasteiger partial charge in [0.15, 0.2) is 0 Å². The van der Waals surface area contributed by atoms with Gasteiger partial charge < -0.3 is 14.8 Å². The molecule has 0 saturated carbocycles. The van der Waals surface area contributed by atoms with Crippen LogP contribution in [0.5, 0.6) is 0 Å². The van der Waals surface area contributed by atoms with E-state index in [0.29, 0.717) is 12.2 Å². The number of carbonyl (C=O) groups excluding carboxylic acids is 1. The van der Waals surface area contributed by atoms with E-state index in [1.54, 1.807) is 13.2 Å². The Hall–Kier alpha value is -1.55. The zero-order valence-corrected chi connectivity index (χ0v) is 10.7. The van der Waals surface area contributed by atoms with Crippen molar-refractivity contribution in [1.82, 2.24) is 0 Å². The third kappa shape index (κ3) is 3.75. The van der Waals surface area contributed by atoms with E-state index in [1.807, 2.05) is 26.0 Å². The van der Waals surface area contributed by atoms with Gasteiger partial charge in [0.05, 0.1) is 19.3 Å². The molecule has 4 heteroatoms. The number of esters is 1. The van der Waals surface area contributed by atoms with Crippen LogP contribution in [0.4, 0.5) is 5.69 Å². The first-order valence-corrected chi connectivity index (χ1v) is 5.53. The Bertz CT molecular complexity index is 390. The molecule has 0 radical (unpaired) electrons. The van der Waals surface area contributed by atoms with Gasteiger partial charge in [-0.2, -0.15) is 0 Å². The molecule has 1 aromatic rings. The van der Waals surface area contributed by atoms with Crippen molar-refractivity contribution in [3.8, 4) is 0 Å². The molecule has 0 aromatic heterocycles. The third-order valence-corrected chi connectivity index (χ3v) is 2.47. The lowest BCUT2D eigenvalue weighted by Crippen LogP contribution is -2.21. The highest BCUT2D eigenvalue weighted by atomic mass is 16.5. The van der Waals surface area contributed by atoms with Gasteiger partial charge in [0.25, 0.3) is 0 Å². The largest absolute Gasteiger partial charge is 0.465 e. The molecule has 0 aliphatic rings. The summed E-state index contributed by atoms with van der Waals surface area (Å²) in [5.74, 6) is -0.314. The van der Waals surface area contributed by atoms with Crippen molar-refractivity contribution < 1.29 is 14.3 Å². The van der Waals surface area contributed by atoms with E-state index in [9.17, 15) is 4.79 Å². The Morgan fingerprint density at radius 1 is 1.41 bits per heavy atom. The van der Waals surface area contributed by atoms with Crippen molar-refractivity contribution in [2.45, 2.75) is 19.9 Å². The predicted octanol–water partition coefficient (Wildman–Crippen LogP) is 2.23. The van der Waals surface area contributed by atoms with Crippen LogP contribution in [-0.4, -0.2) is 32.8 Å². The molecule has 17 heavy (non-hydrogen) atoms. The van der Waals surface area contributed by atoms with Gasteiger partial charge in [0.1, 0.15) is 0 Å². The lowest BCUT2D eigenvalue weighted by Gasteiger charge is -2.15. The molecule has 1 aromatic carbocycles. The lowest BCUT2D eigenvalue weighted by atomic mass is 10.1. The molecule has 0 amide bonds. The van der Waals surface area contributed by atoms with E-state index in [4.69, 9.17) is 9.47 Å². The van der Waals surface area contributed by atoms with E-state index in [-0.39, 0.29) is 12.0 Å². The minimum atomic E-state index is -0.314. The average molecular weight is 237 g/mol. The van der Waals surface area contributed by atoms with E-state index >= 15 is 0 Å². The standard InChI is InChI=1S/C13H19NO3/c1-9-5-6-11(14-10(2)8-16-3)7-12(9)13(15)17-4/h5-7,10,14H,8H2,1-4H3/t10-/m1/s1. The summed E-state index contributed by atoms with van der Waals surface area (Å²) in [5.41, 5.74) is 2.38. The van der Waals surface area contributed by atoms with E-state index in [1.165, 1.54) is 7.11 Å². The molecule has 0 aliphatic carbocycles. The number of benzene rings is 1. The van der Waals surface area contributed by atoms with Gasteiger partial charge in [0.2, 0.25) is 0 Å². The normalized spacial score (nSPS) is 12.0. The number of methoxy groups -OCH3 is 2. The number of nitrogens with one attached hydrogen (secondary N) is 1. The molecule has 0 saturated heterocycles. The molecule has 1 atom stereocenters. The van der Waals surface area contributed by atoms with Crippen LogP contribution >= 0.6 is 0 Å². The Kier molecular flexibility index (Phi) is 4.97. The average Bonchev–Trinajstić information content (AvgIpc) is 2.31. The molecule has 0 aliphatic heterocycles. The van der Waals surface area contributed by atoms with Crippen LogP contribution in [0, 0.1) is 6.92 Å². The zero-order valence-electron chi connectivity index (χ0n) is 10.7. The van der Waals surface area contributed by atoms with Crippen molar-refractivity contribution in [3.05, 3.63) is 29.3 Å². The fourth-order valence-electron chi connectivity index (χ4n) is 1.62. The molecule has 0 unspecified atom stereocenters. The fraction of sp³-hybridized carbons (Fsp3) is 0.462. The molecule has 1 N–H and O–H groups in total. The minimum absolute atomic E-state index is 0.188. The van der Waals surface area contributed by atoms with E-state index < -0.39 is 0 Å². The Labute approximate surface area is 102 Å². The molecular formula is C13H19NO3. The van der Waals surface area contributed by atoms with Crippen LogP contribution in [0.1, 0.15) is 22.8 Å².